The van der Waals surface area contributed by atoms with E-state index in [1.54, 1.807) is 6.20 Å². The van der Waals surface area contributed by atoms with Crippen molar-refractivity contribution in [3.63, 3.8) is 0 Å². The van der Waals surface area contributed by atoms with Crippen LogP contribution in [-0.4, -0.2) is 49.2 Å². The van der Waals surface area contributed by atoms with Gasteiger partial charge < -0.3 is 15.1 Å². The summed E-state index contributed by atoms with van der Waals surface area (Å²) in [5.41, 5.74) is 1.17. The van der Waals surface area contributed by atoms with E-state index in [2.05, 4.69) is 40.3 Å². The number of hydrogen-bond donors (Lipinski definition) is 1. The van der Waals surface area contributed by atoms with Crippen molar-refractivity contribution in [1.82, 2.24) is 15.2 Å². The maximum absolute atomic E-state index is 6.28. The summed E-state index contributed by atoms with van der Waals surface area (Å²) < 4.78 is 0. The van der Waals surface area contributed by atoms with Crippen molar-refractivity contribution >= 4 is 17.4 Å². The molecule has 2 aliphatic rings. The van der Waals surface area contributed by atoms with Crippen LogP contribution >= 0.6 is 11.6 Å². The Morgan fingerprint density at radius 1 is 1.29 bits per heavy atom. The second kappa shape index (κ2) is 6.51. The molecular weight excluding hydrogens is 284 g/mol. The van der Waals surface area contributed by atoms with Gasteiger partial charge in [0.05, 0.1) is 5.02 Å². The molecule has 21 heavy (non-hydrogen) atoms. The van der Waals surface area contributed by atoms with E-state index in [0.29, 0.717) is 12.1 Å². The maximum Gasteiger partial charge on any atom is 0.128 e. The highest BCUT2D eigenvalue weighted by atomic mass is 35.5. The molecule has 1 aliphatic carbocycles. The molecule has 4 nitrogen and oxygen atoms in total. The quantitative estimate of drug-likeness (QED) is 0.906. The Morgan fingerprint density at radius 2 is 2.00 bits per heavy atom. The number of piperidine rings is 1. The van der Waals surface area contributed by atoms with Gasteiger partial charge in [-0.1, -0.05) is 11.6 Å². The van der Waals surface area contributed by atoms with E-state index in [1.807, 2.05) is 0 Å². The zero-order valence-electron chi connectivity index (χ0n) is 13.0. The van der Waals surface area contributed by atoms with Gasteiger partial charge in [-0.15, -0.1) is 0 Å². The van der Waals surface area contributed by atoms with Crippen LogP contribution in [0.5, 0.6) is 0 Å². The first kappa shape index (κ1) is 15.1. The van der Waals surface area contributed by atoms with Crippen LogP contribution in [-0.2, 0) is 6.54 Å². The third-order valence-electron chi connectivity index (χ3n) is 4.60. The highest BCUT2D eigenvalue weighted by Gasteiger charge is 2.23. The number of pyridine rings is 1. The number of aromatic nitrogens is 1. The van der Waals surface area contributed by atoms with Crippen LogP contribution in [0.25, 0.3) is 0 Å². The van der Waals surface area contributed by atoms with Crippen molar-refractivity contribution in [2.24, 2.45) is 0 Å². The Kier molecular flexibility index (Phi) is 4.67. The zero-order chi connectivity index (χ0) is 14.8. The first-order valence-electron chi connectivity index (χ1n) is 7.92. The monoisotopic (exact) mass is 308 g/mol. The predicted molar refractivity (Wildman–Crippen MR) is 88.0 cm³/mol. The summed E-state index contributed by atoms with van der Waals surface area (Å²) in [4.78, 5) is 9.24. The molecule has 1 aromatic rings. The minimum absolute atomic E-state index is 0.699. The summed E-state index contributed by atoms with van der Waals surface area (Å²) in [6.45, 7) is 3.01. The van der Waals surface area contributed by atoms with Gasteiger partial charge in [0, 0.05) is 37.9 Å². The SMILES string of the molecule is CN(C)C1CCN(c2cc(CNC3CC3)c(Cl)cn2)CC1. The summed E-state index contributed by atoms with van der Waals surface area (Å²) in [7, 11) is 4.34. The largest absolute Gasteiger partial charge is 0.356 e. The fourth-order valence-electron chi connectivity index (χ4n) is 2.93. The Labute approximate surface area is 132 Å². The van der Waals surface area contributed by atoms with E-state index >= 15 is 0 Å². The molecule has 1 saturated carbocycles. The average Bonchev–Trinajstić information content (AvgIpc) is 3.31. The molecule has 0 atom stereocenters. The highest BCUT2D eigenvalue weighted by molar-refractivity contribution is 6.31. The molecule has 0 unspecified atom stereocenters. The molecule has 0 bridgehead atoms. The second-order valence-electron chi connectivity index (χ2n) is 6.47. The zero-order valence-corrected chi connectivity index (χ0v) is 13.7. The van der Waals surface area contributed by atoms with E-state index < -0.39 is 0 Å². The van der Waals surface area contributed by atoms with Crippen molar-refractivity contribution in [2.45, 2.75) is 44.3 Å². The molecule has 1 aliphatic heterocycles. The van der Waals surface area contributed by atoms with Gasteiger partial charge in [0.25, 0.3) is 0 Å². The van der Waals surface area contributed by atoms with E-state index in [0.717, 1.165) is 30.5 Å². The van der Waals surface area contributed by atoms with Gasteiger partial charge in [-0.05, 0) is 51.4 Å². The predicted octanol–water partition coefficient (Wildman–Crippen LogP) is 2.52. The summed E-state index contributed by atoms with van der Waals surface area (Å²) in [5.74, 6) is 1.07. The van der Waals surface area contributed by atoms with Crippen molar-refractivity contribution < 1.29 is 0 Å². The molecular formula is C16H25ClN4. The van der Waals surface area contributed by atoms with Gasteiger partial charge in [0.15, 0.2) is 0 Å². The number of hydrogen-bond acceptors (Lipinski definition) is 4. The third kappa shape index (κ3) is 3.87. The molecule has 116 valence electrons. The normalized spacial score (nSPS) is 20.3. The van der Waals surface area contributed by atoms with E-state index in [1.165, 1.54) is 31.2 Å². The molecule has 0 amide bonds. The van der Waals surface area contributed by atoms with Crippen molar-refractivity contribution in [2.75, 3.05) is 32.1 Å². The lowest BCUT2D eigenvalue weighted by molar-refractivity contribution is 0.249. The van der Waals surface area contributed by atoms with E-state index in [4.69, 9.17) is 11.6 Å². The molecule has 1 saturated heterocycles. The molecule has 5 heteroatoms. The van der Waals surface area contributed by atoms with Crippen LogP contribution in [0.2, 0.25) is 5.02 Å². The fourth-order valence-corrected chi connectivity index (χ4v) is 3.10. The first-order valence-corrected chi connectivity index (χ1v) is 8.30. The van der Waals surface area contributed by atoms with Gasteiger partial charge in [0.2, 0.25) is 0 Å². The Balaban J connectivity index is 1.63. The fraction of sp³-hybridized carbons (Fsp3) is 0.688. The molecule has 2 fully saturated rings. The lowest BCUT2D eigenvalue weighted by atomic mass is 10.0. The van der Waals surface area contributed by atoms with Crippen LogP contribution in [0.4, 0.5) is 5.82 Å². The standard InChI is InChI=1S/C16H25ClN4/c1-20(2)14-5-7-21(8-6-14)16-9-12(15(17)11-19-16)10-18-13-3-4-13/h9,11,13-14,18H,3-8,10H2,1-2H3. The summed E-state index contributed by atoms with van der Waals surface area (Å²) in [6.07, 6.45) is 6.81. The number of halogens is 1. The smallest absolute Gasteiger partial charge is 0.128 e. The van der Waals surface area contributed by atoms with Crippen LogP contribution in [0, 0.1) is 0 Å². The molecule has 0 spiro atoms. The highest BCUT2D eigenvalue weighted by Crippen LogP contribution is 2.25. The van der Waals surface area contributed by atoms with Crippen molar-refractivity contribution in [1.29, 1.82) is 0 Å². The minimum atomic E-state index is 0.699. The number of nitrogens with zero attached hydrogens (tertiary/aromatic N) is 3. The number of anilines is 1. The lowest BCUT2D eigenvalue weighted by Crippen LogP contribution is -2.42. The van der Waals surface area contributed by atoms with Crippen LogP contribution in [0.15, 0.2) is 12.3 Å². The summed E-state index contributed by atoms with van der Waals surface area (Å²) in [5, 5.41) is 4.30. The molecule has 2 heterocycles. The van der Waals surface area contributed by atoms with Crippen LogP contribution in [0.1, 0.15) is 31.2 Å². The van der Waals surface area contributed by atoms with E-state index in [9.17, 15) is 0 Å². The molecule has 1 aromatic heterocycles. The van der Waals surface area contributed by atoms with E-state index in [-0.39, 0.29) is 0 Å². The summed E-state index contributed by atoms with van der Waals surface area (Å²) >= 11 is 6.28. The average molecular weight is 309 g/mol. The maximum atomic E-state index is 6.28. The van der Waals surface area contributed by atoms with Crippen molar-refractivity contribution in [3.8, 4) is 0 Å². The second-order valence-corrected chi connectivity index (χ2v) is 6.88. The molecule has 0 aromatic carbocycles. The van der Waals surface area contributed by atoms with Crippen LogP contribution in [0.3, 0.4) is 0 Å². The Hall–Kier alpha value is -0.840. The number of rotatable bonds is 5. The van der Waals surface area contributed by atoms with Gasteiger partial charge in [0.1, 0.15) is 5.82 Å². The Morgan fingerprint density at radius 3 is 2.62 bits per heavy atom. The van der Waals surface area contributed by atoms with Gasteiger partial charge in [-0.3, -0.25) is 0 Å². The van der Waals surface area contributed by atoms with Gasteiger partial charge in [-0.2, -0.15) is 0 Å². The molecule has 3 rings (SSSR count). The van der Waals surface area contributed by atoms with Crippen molar-refractivity contribution in [3.05, 3.63) is 22.8 Å². The molecule has 0 radical (unpaired) electrons. The number of nitrogens with one attached hydrogen (secondary N) is 1. The first-order chi connectivity index (χ1) is 10.1. The third-order valence-corrected chi connectivity index (χ3v) is 4.94. The Bertz CT molecular complexity index is 479. The van der Waals surface area contributed by atoms with Crippen LogP contribution < -0.4 is 10.2 Å². The topological polar surface area (TPSA) is 31.4 Å². The lowest BCUT2D eigenvalue weighted by Gasteiger charge is -2.36. The van der Waals surface area contributed by atoms with Gasteiger partial charge >= 0.3 is 0 Å². The minimum Gasteiger partial charge on any atom is -0.356 e. The summed E-state index contributed by atoms with van der Waals surface area (Å²) in [6, 6.07) is 3.56. The van der Waals surface area contributed by atoms with Gasteiger partial charge in [-0.25, -0.2) is 4.98 Å². The molecule has 1 N–H and O–H groups in total.